The predicted octanol–water partition coefficient (Wildman–Crippen LogP) is 3.17. The van der Waals surface area contributed by atoms with Crippen molar-refractivity contribution in [1.29, 1.82) is 0 Å². The highest BCUT2D eigenvalue weighted by atomic mass is 32.1. The van der Waals surface area contributed by atoms with Crippen LogP contribution in [0.4, 0.5) is 11.1 Å². The molecule has 3 fully saturated rings. The lowest BCUT2D eigenvalue weighted by Gasteiger charge is -2.40. The molecule has 156 valence electrons. The number of rotatable bonds is 4. The van der Waals surface area contributed by atoms with Crippen LogP contribution in [0.25, 0.3) is 0 Å². The second-order valence-corrected chi connectivity index (χ2v) is 9.56. The molecule has 7 nitrogen and oxygen atoms in total. The van der Waals surface area contributed by atoms with E-state index in [4.69, 9.17) is 0 Å². The van der Waals surface area contributed by atoms with Crippen LogP contribution in [0.2, 0.25) is 0 Å². The van der Waals surface area contributed by atoms with E-state index in [0.717, 1.165) is 49.7 Å². The maximum Gasteiger partial charge on any atom is 0.225 e. The normalized spacial score (nSPS) is 24.8. The summed E-state index contributed by atoms with van der Waals surface area (Å²) in [5.74, 6) is 1.27. The lowest BCUT2D eigenvalue weighted by atomic mass is 9.99. The predicted molar refractivity (Wildman–Crippen MR) is 117 cm³/mol. The standard InChI is InChI=1S/C21H31N7S/c1-2-11-26(12-3-1)18-7-14-27(15-8-18)21-25-24-19(29-21)17-6-4-13-28(16-17)20-22-9-5-10-23-20/h5,9-10,17-18H,1-4,6-8,11-16H2. The van der Waals surface area contributed by atoms with Crippen LogP contribution in [0.5, 0.6) is 0 Å². The van der Waals surface area contributed by atoms with Crippen molar-refractivity contribution >= 4 is 22.4 Å². The first-order valence-electron chi connectivity index (χ1n) is 11.2. The summed E-state index contributed by atoms with van der Waals surface area (Å²) in [6.45, 7) is 6.80. The number of piperidine rings is 3. The Balaban J connectivity index is 1.19. The Morgan fingerprint density at radius 3 is 2.38 bits per heavy atom. The zero-order chi connectivity index (χ0) is 19.5. The highest BCUT2D eigenvalue weighted by molar-refractivity contribution is 7.15. The first kappa shape index (κ1) is 19.2. The average molecular weight is 414 g/mol. The molecule has 5 heterocycles. The minimum absolute atomic E-state index is 0.435. The van der Waals surface area contributed by atoms with Crippen LogP contribution in [0.1, 0.15) is 55.9 Å². The molecule has 29 heavy (non-hydrogen) atoms. The summed E-state index contributed by atoms with van der Waals surface area (Å²) in [5, 5.41) is 11.5. The lowest BCUT2D eigenvalue weighted by molar-refractivity contribution is 0.141. The maximum absolute atomic E-state index is 4.60. The topological polar surface area (TPSA) is 61.3 Å². The van der Waals surface area contributed by atoms with E-state index in [1.165, 1.54) is 56.6 Å². The van der Waals surface area contributed by atoms with Gasteiger partial charge in [-0.3, -0.25) is 0 Å². The highest BCUT2D eigenvalue weighted by Gasteiger charge is 2.29. The van der Waals surface area contributed by atoms with Gasteiger partial charge in [0.2, 0.25) is 11.1 Å². The molecule has 0 aliphatic carbocycles. The van der Waals surface area contributed by atoms with E-state index < -0.39 is 0 Å². The van der Waals surface area contributed by atoms with Gasteiger partial charge in [-0.25, -0.2) is 9.97 Å². The van der Waals surface area contributed by atoms with E-state index in [2.05, 4.69) is 34.9 Å². The summed E-state index contributed by atoms with van der Waals surface area (Å²) in [4.78, 5) is 16.3. The lowest BCUT2D eigenvalue weighted by Crippen LogP contribution is -2.46. The fraction of sp³-hybridized carbons (Fsp3) is 0.714. The third-order valence-electron chi connectivity index (χ3n) is 6.68. The molecule has 2 aromatic rings. The second kappa shape index (κ2) is 8.92. The number of hydrogen-bond acceptors (Lipinski definition) is 8. The van der Waals surface area contributed by atoms with Crippen LogP contribution in [0.3, 0.4) is 0 Å². The van der Waals surface area contributed by atoms with E-state index >= 15 is 0 Å². The van der Waals surface area contributed by atoms with Gasteiger partial charge < -0.3 is 14.7 Å². The van der Waals surface area contributed by atoms with Crippen molar-refractivity contribution < 1.29 is 0 Å². The molecule has 0 spiro atoms. The molecule has 1 unspecified atom stereocenters. The van der Waals surface area contributed by atoms with Crippen molar-refractivity contribution in [3.05, 3.63) is 23.5 Å². The van der Waals surface area contributed by atoms with Gasteiger partial charge in [0, 0.05) is 50.5 Å². The van der Waals surface area contributed by atoms with Gasteiger partial charge in [0.1, 0.15) is 5.01 Å². The van der Waals surface area contributed by atoms with Gasteiger partial charge >= 0.3 is 0 Å². The molecule has 0 amide bonds. The van der Waals surface area contributed by atoms with Gasteiger partial charge in [-0.05, 0) is 57.7 Å². The Bertz CT molecular complexity index is 768. The zero-order valence-electron chi connectivity index (χ0n) is 17.1. The Morgan fingerprint density at radius 1 is 0.793 bits per heavy atom. The van der Waals surface area contributed by atoms with Crippen LogP contribution in [0.15, 0.2) is 18.5 Å². The van der Waals surface area contributed by atoms with Gasteiger partial charge in [-0.15, -0.1) is 10.2 Å². The van der Waals surface area contributed by atoms with Gasteiger partial charge in [0.25, 0.3) is 0 Å². The van der Waals surface area contributed by atoms with E-state index in [-0.39, 0.29) is 0 Å². The van der Waals surface area contributed by atoms with Crippen molar-refractivity contribution in [3.8, 4) is 0 Å². The minimum atomic E-state index is 0.435. The number of anilines is 2. The summed E-state index contributed by atoms with van der Waals surface area (Å²) in [7, 11) is 0. The average Bonchev–Trinajstić information content (AvgIpc) is 3.31. The summed E-state index contributed by atoms with van der Waals surface area (Å²) < 4.78 is 0. The fourth-order valence-electron chi connectivity index (χ4n) is 5.04. The van der Waals surface area contributed by atoms with E-state index in [1.54, 1.807) is 11.3 Å². The van der Waals surface area contributed by atoms with Crippen LogP contribution >= 0.6 is 11.3 Å². The molecule has 2 aromatic heterocycles. The smallest absolute Gasteiger partial charge is 0.225 e. The first-order valence-corrected chi connectivity index (χ1v) is 12.0. The summed E-state index contributed by atoms with van der Waals surface area (Å²) in [6.07, 6.45) is 12.7. The fourth-order valence-corrected chi connectivity index (χ4v) is 6.06. The Kier molecular flexibility index (Phi) is 5.90. The van der Waals surface area contributed by atoms with Crippen LogP contribution in [-0.2, 0) is 0 Å². The summed E-state index contributed by atoms with van der Waals surface area (Å²) in [6, 6.07) is 2.65. The molecular weight excluding hydrogens is 382 g/mol. The number of hydrogen-bond donors (Lipinski definition) is 0. The van der Waals surface area contributed by atoms with Gasteiger partial charge in [-0.2, -0.15) is 0 Å². The Morgan fingerprint density at radius 2 is 1.59 bits per heavy atom. The van der Waals surface area contributed by atoms with Crippen molar-refractivity contribution in [2.75, 3.05) is 49.1 Å². The highest BCUT2D eigenvalue weighted by Crippen LogP contribution is 2.34. The van der Waals surface area contributed by atoms with E-state index in [0.29, 0.717) is 5.92 Å². The molecule has 3 aliphatic rings. The van der Waals surface area contributed by atoms with Crippen molar-refractivity contribution in [1.82, 2.24) is 25.1 Å². The SMILES string of the molecule is c1cnc(N2CCCC(c3nnc(N4CCC(N5CCCCC5)CC4)s3)C2)nc1. The van der Waals surface area contributed by atoms with Crippen molar-refractivity contribution in [2.24, 2.45) is 0 Å². The zero-order valence-corrected chi connectivity index (χ0v) is 17.9. The third kappa shape index (κ3) is 4.38. The molecule has 0 bridgehead atoms. The molecule has 0 N–H and O–H groups in total. The van der Waals surface area contributed by atoms with Crippen LogP contribution < -0.4 is 9.80 Å². The maximum atomic E-state index is 4.60. The number of aromatic nitrogens is 4. The quantitative estimate of drug-likeness (QED) is 0.763. The Labute approximate surface area is 177 Å². The van der Waals surface area contributed by atoms with Gasteiger partial charge in [0.15, 0.2) is 0 Å². The summed E-state index contributed by atoms with van der Waals surface area (Å²) in [5.41, 5.74) is 0. The van der Waals surface area contributed by atoms with E-state index in [9.17, 15) is 0 Å². The number of likely N-dealkylation sites (tertiary alicyclic amines) is 1. The molecule has 0 aromatic carbocycles. The monoisotopic (exact) mass is 413 g/mol. The largest absolute Gasteiger partial charge is 0.347 e. The Hall–Kier alpha value is -1.80. The molecule has 3 saturated heterocycles. The van der Waals surface area contributed by atoms with Crippen LogP contribution in [-0.4, -0.2) is 70.4 Å². The molecular formula is C21H31N7S. The molecule has 0 radical (unpaired) electrons. The first-order chi connectivity index (χ1) is 14.4. The van der Waals surface area contributed by atoms with Crippen molar-refractivity contribution in [2.45, 2.75) is 56.9 Å². The molecule has 0 saturated carbocycles. The summed E-state index contributed by atoms with van der Waals surface area (Å²) >= 11 is 1.80. The molecule has 8 heteroatoms. The van der Waals surface area contributed by atoms with E-state index in [1.807, 2.05) is 18.5 Å². The van der Waals surface area contributed by atoms with Gasteiger partial charge in [0.05, 0.1) is 0 Å². The third-order valence-corrected chi connectivity index (χ3v) is 7.82. The minimum Gasteiger partial charge on any atom is -0.347 e. The van der Waals surface area contributed by atoms with Crippen molar-refractivity contribution in [3.63, 3.8) is 0 Å². The number of nitrogens with zero attached hydrogens (tertiary/aromatic N) is 7. The second-order valence-electron chi connectivity index (χ2n) is 8.57. The van der Waals surface area contributed by atoms with Gasteiger partial charge in [-0.1, -0.05) is 17.8 Å². The van der Waals surface area contributed by atoms with Crippen LogP contribution in [0, 0.1) is 0 Å². The molecule has 3 aliphatic heterocycles. The molecule has 5 rings (SSSR count). The molecule has 1 atom stereocenters.